The molecule has 0 saturated carbocycles. The maximum absolute atomic E-state index is 13.9. The van der Waals surface area contributed by atoms with E-state index < -0.39 is 45.8 Å². The van der Waals surface area contributed by atoms with E-state index in [0.717, 1.165) is 12.1 Å². The fourth-order valence-electron chi connectivity index (χ4n) is 2.78. The number of hydrogen-bond acceptors (Lipinski definition) is 6. The SMILES string of the molecule is O=C(c1ccc(Oc2ccc(OC(F)(F)C(F)(F)S(=O)(=O)OCC(F)(F)F)cc2)cc1)c1cc(Cl)ccc1Cl. The first-order chi connectivity index (χ1) is 17.9. The fraction of sp³-hybridized carbons (Fsp3) is 0.174. The molecule has 3 aromatic rings. The van der Waals surface area contributed by atoms with Gasteiger partial charge >= 0.3 is 27.7 Å². The third-order valence-corrected chi connectivity index (χ3v) is 6.48. The summed E-state index contributed by atoms with van der Waals surface area (Å²) in [5.41, 5.74) is 0.392. The van der Waals surface area contributed by atoms with Crippen LogP contribution in [0.15, 0.2) is 66.7 Å². The summed E-state index contributed by atoms with van der Waals surface area (Å²) in [6.45, 7) is -2.74. The van der Waals surface area contributed by atoms with Gasteiger partial charge in [0, 0.05) is 16.1 Å². The van der Waals surface area contributed by atoms with Crippen LogP contribution >= 0.6 is 23.2 Å². The summed E-state index contributed by atoms with van der Waals surface area (Å²) >= 11 is 11.9. The van der Waals surface area contributed by atoms with E-state index in [4.69, 9.17) is 27.9 Å². The predicted molar refractivity (Wildman–Crippen MR) is 124 cm³/mol. The normalized spacial score (nSPS) is 12.7. The van der Waals surface area contributed by atoms with Crippen molar-refractivity contribution in [1.29, 1.82) is 0 Å². The first-order valence-electron chi connectivity index (χ1n) is 10.2. The molecule has 0 unspecified atom stereocenters. The summed E-state index contributed by atoms with van der Waals surface area (Å²) in [6.07, 6.45) is -11.2. The molecule has 0 aliphatic rings. The van der Waals surface area contributed by atoms with Crippen molar-refractivity contribution in [2.75, 3.05) is 6.61 Å². The van der Waals surface area contributed by atoms with E-state index in [-0.39, 0.29) is 27.6 Å². The van der Waals surface area contributed by atoms with Crippen molar-refractivity contribution in [2.45, 2.75) is 17.5 Å². The molecular weight excluding hydrogens is 608 g/mol. The molecule has 3 rings (SSSR count). The quantitative estimate of drug-likeness (QED) is 0.133. The van der Waals surface area contributed by atoms with Gasteiger partial charge in [-0.1, -0.05) is 23.2 Å². The molecule has 39 heavy (non-hydrogen) atoms. The molecule has 0 spiro atoms. The molecule has 0 bridgehead atoms. The van der Waals surface area contributed by atoms with Crippen molar-refractivity contribution in [3.8, 4) is 17.2 Å². The second-order valence-corrected chi connectivity index (χ2v) is 10.0. The number of ether oxygens (including phenoxy) is 2. The standard InChI is InChI=1S/C23H13Cl2F7O6S/c24-14-3-10-19(25)18(11-14)20(33)13-1-4-15(5-2-13)37-16-6-8-17(9-7-16)38-22(29,30)23(31,32)39(34,35)36-12-21(26,27)28/h1-11H,12H2. The van der Waals surface area contributed by atoms with Crippen molar-refractivity contribution < 1.29 is 57.6 Å². The van der Waals surface area contributed by atoms with Gasteiger partial charge in [-0.25, -0.2) is 0 Å². The maximum Gasteiger partial charge on any atom is 0.483 e. The smallest absolute Gasteiger partial charge is 0.457 e. The molecular formula is C23H13Cl2F7O6S. The molecule has 0 aliphatic carbocycles. The van der Waals surface area contributed by atoms with Gasteiger partial charge in [-0.05, 0) is 66.7 Å². The van der Waals surface area contributed by atoms with Gasteiger partial charge in [-0.2, -0.15) is 39.2 Å². The minimum absolute atomic E-state index is 0.0180. The lowest BCUT2D eigenvalue weighted by molar-refractivity contribution is -0.276. The molecule has 0 radical (unpaired) electrons. The molecule has 0 aliphatic heterocycles. The van der Waals surface area contributed by atoms with Crippen LogP contribution in [0.5, 0.6) is 17.2 Å². The van der Waals surface area contributed by atoms with Gasteiger partial charge in [0.25, 0.3) is 0 Å². The highest BCUT2D eigenvalue weighted by Crippen LogP contribution is 2.42. The summed E-state index contributed by atoms with van der Waals surface area (Å²) in [5.74, 6) is -1.26. The lowest BCUT2D eigenvalue weighted by Gasteiger charge is -2.25. The monoisotopic (exact) mass is 620 g/mol. The summed E-state index contributed by atoms with van der Waals surface area (Å²) < 4.78 is 127. The highest BCUT2D eigenvalue weighted by Gasteiger charge is 2.70. The van der Waals surface area contributed by atoms with E-state index in [2.05, 4.69) is 8.92 Å². The molecule has 0 aromatic heterocycles. The molecule has 0 amide bonds. The Kier molecular flexibility index (Phi) is 8.75. The van der Waals surface area contributed by atoms with E-state index in [1.165, 1.54) is 42.5 Å². The largest absolute Gasteiger partial charge is 0.483 e. The molecule has 6 nitrogen and oxygen atoms in total. The van der Waals surface area contributed by atoms with E-state index in [1.54, 1.807) is 0 Å². The summed E-state index contributed by atoms with van der Waals surface area (Å²) in [5, 5.41) is -5.69. The van der Waals surface area contributed by atoms with Crippen LogP contribution in [0.3, 0.4) is 0 Å². The highest BCUT2D eigenvalue weighted by atomic mass is 35.5. The Bertz CT molecular complexity index is 1450. The Morgan fingerprint density at radius 3 is 1.82 bits per heavy atom. The second-order valence-electron chi connectivity index (χ2n) is 7.52. The minimum Gasteiger partial charge on any atom is -0.457 e. The summed E-state index contributed by atoms with van der Waals surface area (Å²) in [7, 11) is -6.74. The van der Waals surface area contributed by atoms with Gasteiger partial charge in [0.15, 0.2) is 12.4 Å². The summed E-state index contributed by atoms with van der Waals surface area (Å²) in [4.78, 5) is 12.6. The topological polar surface area (TPSA) is 78.9 Å². The molecule has 0 heterocycles. The number of alkyl halides is 7. The van der Waals surface area contributed by atoms with Gasteiger partial charge < -0.3 is 9.47 Å². The average Bonchev–Trinajstić information content (AvgIpc) is 2.85. The third-order valence-electron chi connectivity index (χ3n) is 4.63. The third kappa shape index (κ3) is 7.32. The zero-order valence-electron chi connectivity index (χ0n) is 18.8. The lowest BCUT2D eigenvalue weighted by Crippen LogP contribution is -2.51. The number of carbonyl (C=O) groups excluding carboxylic acids is 1. The fourth-order valence-corrected chi connectivity index (χ4v) is 3.93. The van der Waals surface area contributed by atoms with Crippen LogP contribution in [0, 0.1) is 0 Å². The van der Waals surface area contributed by atoms with Crippen molar-refractivity contribution in [3.05, 3.63) is 87.9 Å². The van der Waals surface area contributed by atoms with Crippen molar-refractivity contribution in [3.63, 3.8) is 0 Å². The molecule has 210 valence electrons. The molecule has 0 saturated heterocycles. The lowest BCUT2D eigenvalue weighted by atomic mass is 10.0. The van der Waals surface area contributed by atoms with Crippen LogP contribution in [0.4, 0.5) is 30.7 Å². The van der Waals surface area contributed by atoms with Gasteiger partial charge in [0.05, 0.1) is 5.02 Å². The second kappa shape index (κ2) is 11.2. The first kappa shape index (κ1) is 30.5. The van der Waals surface area contributed by atoms with Gasteiger partial charge in [0.1, 0.15) is 17.2 Å². The number of halogens is 9. The number of hydrogen-bond donors (Lipinski definition) is 0. The van der Waals surface area contributed by atoms with Crippen LogP contribution in [0.1, 0.15) is 15.9 Å². The van der Waals surface area contributed by atoms with Crippen molar-refractivity contribution in [1.82, 2.24) is 0 Å². The van der Waals surface area contributed by atoms with E-state index >= 15 is 0 Å². The molecule has 0 atom stereocenters. The average molecular weight is 621 g/mol. The van der Waals surface area contributed by atoms with Gasteiger partial charge in [-0.3, -0.25) is 8.98 Å². The van der Waals surface area contributed by atoms with Crippen LogP contribution in [-0.2, 0) is 14.3 Å². The Morgan fingerprint density at radius 1 is 0.769 bits per heavy atom. The van der Waals surface area contributed by atoms with Crippen LogP contribution < -0.4 is 9.47 Å². The summed E-state index contributed by atoms with van der Waals surface area (Å²) in [6, 6.07) is 13.3. The predicted octanol–water partition coefficient (Wildman–Crippen LogP) is 7.49. The Labute approximate surface area is 225 Å². The van der Waals surface area contributed by atoms with Crippen LogP contribution in [-0.4, -0.2) is 38.3 Å². The van der Waals surface area contributed by atoms with Crippen molar-refractivity contribution in [2.24, 2.45) is 0 Å². The minimum atomic E-state index is -6.74. The molecule has 0 N–H and O–H groups in total. The number of rotatable bonds is 10. The number of ketones is 1. The van der Waals surface area contributed by atoms with Gasteiger partial charge in [-0.15, -0.1) is 0 Å². The number of benzene rings is 3. The molecule has 3 aromatic carbocycles. The Balaban J connectivity index is 1.68. The first-order valence-corrected chi connectivity index (χ1v) is 12.4. The zero-order valence-corrected chi connectivity index (χ0v) is 21.1. The zero-order chi connectivity index (χ0) is 29.2. The number of carbonyl (C=O) groups is 1. The molecule has 0 fully saturated rings. The highest BCUT2D eigenvalue weighted by molar-refractivity contribution is 7.87. The molecule has 16 heteroatoms. The van der Waals surface area contributed by atoms with Crippen molar-refractivity contribution >= 4 is 39.1 Å². The van der Waals surface area contributed by atoms with E-state index in [9.17, 15) is 43.9 Å². The Morgan fingerprint density at radius 2 is 1.28 bits per heavy atom. The van der Waals surface area contributed by atoms with Crippen LogP contribution in [0.25, 0.3) is 0 Å². The van der Waals surface area contributed by atoms with Crippen LogP contribution in [0.2, 0.25) is 10.0 Å². The van der Waals surface area contributed by atoms with E-state index in [1.807, 2.05) is 0 Å². The van der Waals surface area contributed by atoms with Gasteiger partial charge in [0.2, 0.25) is 0 Å². The van der Waals surface area contributed by atoms with E-state index in [0.29, 0.717) is 17.2 Å². The maximum atomic E-state index is 13.9. The Hall–Kier alpha value is -3.07.